The van der Waals surface area contributed by atoms with E-state index in [2.05, 4.69) is 22.2 Å². The van der Waals surface area contributed by atoms with Crippen molar-refractivity contribution < 1.29 is 4.74 Å². The third-order valence-corrected chi connectivity index (χ3v) is 3.28. The van der Waals surface area contributed by atoms with Crippen LogP contribution < -0.4 is 5.32 Å². The van der Waals surface area contributed by atoms with Crippen LogP contribution in [-0.4, -0.2) is 29.7 Å². The van der Waals surface area contributed by atoms with Gasteiger partial charge in [0.05, 0.1) is 0 Å². The molecule has 1 aromatic heterocycles. The monoisotopic (exact) mass is 249 g/mol. The molecule has 1 heterocycles. The van der Waals surface area contributed by atoms with Crippen molar-refractivity contribution in [3.05, 3.63) is 17.6 Å². The van der Waals surface area contributed by atoms with Gasteiger partial charge in [0, 0.05) is 31.0 Å². The first kappa shape index (κ1) is 13.3. The minimum atomic E-state index is 0.834. The van der Waals surface area contributed by atoms with Crippen molar-refractivity contribution in [3.8, 4) is 0 Å². The molecular formula is C14H23N3O. The summed E-state index contributed by atoms with van der Waals surface area (Å²) in [6.07, 6.45) is 8.49. The highest BCUT2D eigenvalue weighted by atomic mass is 16.5. The van der Waals surface area contributed by atoms with Crippen LogP contribution in [0.1, 0.15) is 43.9 Å². The van der Waals surface area contributed by atoms with Crippen molar-refractivity contribution in [1.29, 1.82) is 0 Å². The second-order valence-electron chi connectivity index (χ2n) is 4.75. The van der Waals surface area contributed by atoms with Crippen molar-refractivity contribution in [2.45, 2.75) is 45.4 Å². The molecule has 0 radical (unpaired) electrons. The first-order valence-corrected chi connectivity index (χ1v) is 7.06. The van der Waals surface area contributed by atoms with Gasteiger partial charge in [-0.25, -0.2) is 9.97 Å². The zero-order valence-corrected chi connectivity index (χ0v) is 11.2. The van der Waals surface area contributed by atoms with E-state index in [0.29, 0.717) is 0 Å². The summed E-state index contributed by atoms with van der Waals surface area (Å²) in [6.45, 7) is 4.83. The summed E-state index contributed by atoms with van der Waals surface area (Å²) in [5, 5.41) is 3.40. The molecule has 100 valence electrons. The van der Waals surface area contributed by atoms with E-state index >= 15 is 0 Å². The number of unbranched alkanes of at least 4 members (excludes halogenated alkanes) is 1. The van der Waals surface area contributed by atoms with E-state index in [0.717, 1.165) is 51.3 Å². The molecule has 0 amide bonds. The molecule has 1 aliphatic carbocycles. The number of aryl methyl sites for hydroxylation is 1. The molecule has 18 heavy (non-hydrogen) atoms. The van der Waals surface area contributed by atoms with Gasteiger partial charge in [-0.3, -0.25) is 0 Å². The van der Waals surface area contributed by atoms with Gasteiger partial charge in [-0.2, -0.15) is 0 Å². The Balaban J connectivity index is 1.66. The van der Waals surface area contributed by atoms with Gasteiger partial charge >= 0.3 is 0 Å². The van der Waals surface area contributed by atoms with E-state index in [1.807, 2.05) is 0 Å². The fourth-order valence-electron chi connectivity index (χ4n) is 2.24. The zero-order valence-electron chi connectivity index (χ0n) is 11.2. The molecular weight excluding hydrogens is 226 g/mol. The first-order valence-electron chi connectivity index (χ1n) is 7.06. The van der Waals surface area contributed by atoms with E-state index in [-0.39, 0.29) is 0 Å². The number of ether oxygens (including phenoxy) is 1. The summed E-state index contributed by atoms with van der Waals surface area (Å²) in [5.74, 6) is 1.03. The molecule has 0 saturated heterocycles. The van der Waals surface area contributed by atoms with Gasteiger partial charge in [-0.15, -0.1) is 0 Å². The lowest BCUT2D eigenvalue weighted by atomic mass is 10.2. The Kier molecular flexibility index (Phi) is 5.39. The first-order chi connectivity index (χ1) is 8.92. The summed E-state index contributed by atoms with van der Waals surface area (Å²) in [6, 6.07) is 0. The molecule has 0 bridgehead atoms. The van der Waals surface area contributed by atoms with Gasteiger partial charge in [0.25, 0.3) is 0 Å². The van der Waals surface area contributed by atoms with Gasteiger partial charge in [0.2, 0.25) is 0 Å². The highest BCUT2D eigenvalue weighted by molar-refractivity contribution is 5.47. The van der Waals surface area contributed by atoms with Gasteiger partial charge < -0.3 is 10.1 Å². The second-order valence-corrected chi connectivity index (χ2v) is 4.75. The van der Waals surface area contributed by atoms with E-state index in [9.17, 15) is 0 Å². The molecule has 0 aromatic carbocycles. The van der Waals surface area contributed by atoms with Crippen molar-refractivity contribution in [3.63, 3.8) is 0 Å². The number of fused-ring (bicyclic) bond motifs is 1. The maximum atomic E-state index is 5.53. The topological polar surface area (TPSA) is 47.0 Å². The number of hydrogen-bond acceptors (Lipinski definition) is 4. The summed E-state index contributed by atoms with van der Waals surface area (Å²) in [5.41, 5.74) is 2.55. The van der Waals surface area contributed by atoms with Crippen molar-refractivity contribution in [1.82, 2.24) is 9.97 Å². The predicted octanol–water partition coefficient (Wildman–Crippen LogP) is 2.58. The maximum Gasteiger partial charge on any atom is 0.132 e. The van der Waals surface area contributed by atoms with Crippen molar-refractivity contribution >= 4 is 5.82 Å². The van der Waals surface area contributed by atoms with Crippen LogP contribution in [0.3, 0.4) is 0 Å². The lowest BCUT2D eigenvalue weighted by Gasteiger charge is -2.09. The predicted molar refractivity (Wildman–Crippen MR) is 72.9 cm³/mol. The average Bonchev–Trinajstić information content (AvgIpc) is 2.86. The second kappa shape index (κ2) is 7.31. The summed E-state index contributed by atoms with van der Waals surface area (Å²) >= 11 is 0. The molecule has 1 N–H and O–H groups in total. The smallest absolute Gasteiger partial charge is 0.132 e. The Morgan fingerprint density at radius 1 is 1.22 bits per heavy atom. The quantitative estimate of drug-likeness (QED) is 0.719. The number of anilines is 1. The van der Waals surface area contributed by atoms with Crippen LogP contribution in [0.25, 0.3) is 0 Å². The maximum absolute atomic E-state index is 5.53. The lowest BCUT2D eigenvalue weighted by molar-refractivity contribution is 0.131. The molecule has 0 unspecified atom stereocenters. The zero-order chi connectivity index (χ0) is 12.6. The fraction of sp³-hybridized carbons (Fsp3) is 0.714. The van der Waals surface area contributed by atoms with Crippen molar-refractivity contribution in [2.24, 2.45) is 0 Å². The minimum Gasteiger partial charge on any atom is -0.381 e. The van der Waals surface area contributed by atoms with E-state index in [1.54, 1.807) is 6.33 Å². The van der Waals surface area contributed by atoms with Crippen LogP contribution >= 0.6 is 0 Å². The molecule has 2 rings (SSSR count). The number of hydrogen-bond donors (Lipinski definition) is 1. The van der Waals surface area contributed by atoms with Gasteiger partial charge in [-0.05, 0) is 32.1 Å². The molecule has 0 saturated carbocycles. The van der Waals surface area contributed by atoms with E-state index in [1.165, 1.54) is 24.1 Å². The normalized spacial score (nSPS) is 13.6. The molecule has 1 aromatic rings. The Hall–Kier alpha value is -1.16. The SMILES string of the molecule is CCCCOCCCNc1ncnc2c1CCC2. The Labute approximate surface area is 109 Å². The van der Waals surface area contributed by atoms with Crippen LogP contribution in [-0.2, 0) is 17.6 Å². The Bertz CT molecular complexity index is 368. The van der Waals surface area contributed by atoms with Gasteiger partial charge in [-0.1, -0.05) is 13.3 Å². The van der Waals surface area contributed by atoms with Crippen LogP contribution in [0.4, 0.5) is 5.82 Å². The standard InChI is InChI=1S/C14H23N3O/c1-2-3-9-18-10-5-8-15-14-12-6-4-7-13(12)16-11-17-14/h11H,2-10H2,1H3,(H,15,16,17). The van der Waals surface area contributed by atoms with Crippen LogP contribution in [0.15, 0.2) is 6.33 Å². The van der Waals surface area contributed by atoms with E-state index in [4.69, 9.17) is 4.74 Å². The molecule has 0 atom stereocenters. The molecule has 0 fully saturated rings. The number of nitrogens with one attached hydrogen (secondary N) is 1. The van der Waals surface area contributed by atoms with Crippen LogP contribution in [0, 0.1) is 0 Å². The molecule has 4 nitrogen and oxygen atoms in total. The summed E-state index contributed by atoms with van der Waals surface area (Å²) in [4.78, 5) is 8.66. The van der Waals surface area contributed by atoms with Crippen molar-refractivity contribution in [2.75, 3.05) is 25.1 Å². The van der Waals surface area contributed by atoms with Crippen LogP contribution in [0.2, 0.25) is 0 Å². The van der Waals surface area contributed by atoms with Gasteiger partial charge in [0.1, 0.15) is 12.1 Å². The molecule has 0 aliphatic heterocycles. The third-order valence-electron chi connectivity index (χ3n) is 3.28. The molecule has 1 aliphatic rings. The summed E-state index contributed by atoms with van der Waals surface area (Å²) in [7, 11) is 0. The Morgan fingerprint density at radius 2 is 2.11 bits per heavy atom. The highest BCUT2D eigenvalue weighted by Gasteiger charge is 2.16. The molecule has 0 spiro atoms. The summed E-state index contributed by atoms with van der Waals surface area (Å²) < 4.78 is 5.53. The van der Waals surface area contributed by atoms with Gasteiger partial charge in [0.15, 0.2) is 0 Å². The Morgan fingerprint density at radius 3 is 3.00 bits per heavy atom. The van der Waals surface area contributed by atoms with Crippen LogP contribution in [0.5, 0.6) is 0 Å². The highest BCUT2D eigenvalue weighted by Crippen LogP contribution is 2.24. The number of aromatic nitrogens is 2. The third kappa shape index (κ3) is 3.67. The average molecular weight is 249 g/mol. The largest absolute Gasteiger partial charge is 0.381 e. The fourth-order valence-corrected chi connectivity index (χ4v) is 2.24. The van der Waals surface area contributed by atoms with E-state index < -0.39 is 0 Å². The lowest BCUT2D eigenvalue weighted by Crippen LogP contribution is -2.09. The number of nitrogens with zero attached hydrogens (tertiary/aromatic N) is 2. The minimum absolute atomic E-state index is 0.834. The number of rotatable bonds is 8. The molecule has 4 heteroatoms.